The summed E-state index contributed by atoms with van der Waals surface area (Å²) in [6.45, 7) is 1.64. The van der Waals surface area contributed by atoms with Gasteiger partial charge in [0.2, 0.25) is 0 Å². The van der Waals surface area contributed by atoms with Crippen molar-refractivity contribution >= 4 is 23.7 Å². The van der Waals surface area contributed by atoms with Gasteiger partial charge in [0.05, 0.1) is 6.21 Å². The van der Waals surface area contributed by atoms with Gasteiger partial charge in [0.15, 0.2) is 6.10 Å². The minimum Gasteiger partial charge on any atom is -0.481 e. The van der Waals surface area contributed by atoms with E-state index in [1.807, 2.05) is 0 Å². The third kappa shape index (κ3) is 4.89. The minimum atomic E-state index is -0.666. The van der Waals surface area contributed by atoms with Crippen molar-refractivity contribution in [2.75, 3.05) is 0 Å². The molecule has 1 aromatic carbocycles. The number of benzene rings is 1. The maximum Gasteiger partial charge on any atom is 0.280 e. The molecule has 0 fully saturated rings. The van der Waals surface area contributed by atoms with Crippen LogP contribution in [0.3, 0.4) is 0 Å². The van der Waals surface area contributed by atoms with E-state index in [0.717, 1.165) is 5.56 Å². The molecule has 1 atom stereocenters. The molecule has 0 saturated carbocycles. The van der Waals surface area contributed by atoms with Crippen LogP contribution in [-0.2, 0) is 4.79 Å². The average molecular weight is 304 g/mol. The molecule has 0 saturated heterocycles. The van der Waals surface area contributed by atoms with Crippen LogP contribution < -0.4 is 10.2 Å². The molecule has 6 heteroatoms. The van der Waals surface area contributed by atoms with Crippen LogP contribution in [0, 0.1) is 0 Å². The van der Waals surface area contributed by atoms with Gasteiger partial charge in [-0.3, -0.25) is 9.78 Å². The van der Waals surface area contributed by atoms with Crippen LogP contribution in [-0.4, -0.2) is 23.2 Å². The summed E-state index contributed by atoms with van der Waals surface area (Å²) >= 11 is 5.78. The van der Waals surface area contributed by atoms with Crippen LogP contribution in [0.2, 0.25) is 5.02 Å². The van der Waals surface area contributed by atoms with Crippen molar-refractivity contribution in [2.24, 2.45) is 5.10 Å². The highest BCUT2D eigenvalue weighted by Crippen LogP contribution is 2.16. The molecule has 1 N–H and O–H groups in total. The molecule has 2 aromatic rings. The Morgan fingerprint density at radius 1 is 1.29 bits per heavy atom. The fraction of sp³-hybridized carbons (Fsp3) is 0.133. The third-order valence-corrected chi connectivity index (χ3v) is 2.84. The molecule has 0 aliphatic carbocycles. The number of aromatic nitrogens is 1. The van der Waals surface area contributed by atoms with Crippen molar-refractivity contribution in [2.45, 2.75) is 13.0 Å². The summed E-state index contributed by atoms with van der Waals surface area (Å²) < 4.78 is 5.48. The first-order chi connectivity index (χ1) is 10.1. The monoisotopic (exact) mass is 303 g/mol. The molecule has 0 spiro atoms. The van der Waals surface area contributed by atoms with E-state index in [4.69, 9.17) is 16.3 Å². The smallest absolute Gasteiger partial charge is 0.280 e. The molecular formula is C15H14ClN3O2. The Bertz CT molecular complexity index is 615. The number of rotatable bonds is 5. The standard InChI is InChI=1S/C15H14ClN3O2/c1-11(21-14-4-2-13(16)3-5-14)15(20)19-18-10-12-6-8-17-9-7-12/h2-11H,1H3,(H,19,20)/b18-10+/t11-/m1/s1. The topological polar surface area (TPSA) is 63.6 Å². The zero-order valence-electron chi connectivity index (χ0n) is 11.4. The molecule has 0 bridgehead atoms. The second-order valence-electron chi connectivity index (χ2n) is 4.23. The SMILES string of the molecule is C[C@@H](Oc1ccc(Cl)cc1)C(=O)N/N=C/c1ccncc1. The minimum absolute atomic E-state index is 0.338. The zero-order valence-corrected chi connectivity index (χ0v) is 12.1. The number of pyridine rings is 1. The number of carbonyl (C=O) groups excluding carboxylic acids is 1. The molecule has 0 unspecified atom stereocenters. The van der Waals surface area contributed by atoms with Gasteiger partial charge in [-0.1, -0.05) is 11.6 Å². The normalized spacial score (nSPS) is 12.1. The summed E-state index contributed by atoms with van der Waals surface area (Å²) in [6, 6.07) is 10.4. The largest absolute Gasteiger partial charge is 0.481 e. The van der Waals surface area contributed by atoms with Crippen molar-refractivity contribution in [3.63, 3.8) is 0 Å². The maximum atomic E-state index is 11.8. The Morgan fingerprint density at radius 3 is 2.62 bits per heavy atom. The Labute approximate surface area is 127 Å². The maximum absolute atomic E-state index is 11.8. The first-order valence-electron chi connectivity index (χ1n) is 6.30. The predicted molar refractivity (Wildman–Crippen MR) is 81.5 cm³/mol. The second-order valence-corrected chi connectivity index (χ2v) is 4.67. The van der Waals surface area contributed by atoms with Crippen molar-refractivity contribution in [3.05, 3.63) is 59.4 Å². The van der Waals surface area contributed by atoms with Crippen LogP contribution in [0.1, 0.15) is 12.5 Å². The summed E-state index contributed by atoms with van der Waals surface area (Å²) in [4.78, 5) is 15.7. The summed E-state index contributed by atoms with van der Waals surface area (Å²) in [5.74, 6) is 0.232. The van der Waals surface area contributed by atoms with Gasteiger partial charge in [0.25, 0.3) is 5.91 Å². The summed E-state index contributed by atoms with van der Waals surface area (Å²) in [5.41, 5.74) is 3.27. The molecule has 0 aliphatic rings. The van der Waals surface area contributed by atoms with Gasteiger partial charge in [0.1, 0.15) is 5.75 Å². The Morgan fingerprint density at radius 2 is 1.95 bits per heavy atom. The first kappa shape index (κ1) is 15.0. The van der Waals surface area contributed by atoms with Crippen LogP contribution in [0.15, 0.2) is 53.9 Å². The fourth-order valence-corrected chi connectivity index (χ4v) is 1.61. The van der Waals surface area contributed by atoms with Crippen LogP contribution >= 0.6 is 11.6 Å². The van der Waals surface area contributed by atoms with E-state index in [9.17, 15) is 4.79 Å². The first-order valence-corrected chi connectivity index (χ1v) is 6.68. The number of carbonyl (C=O) groups is 1. The Balaban J connectivity index is 1.85. The van der Waals surface area contributed by atoms with E-state index in [2.05, 4.69) is 15.5 Å². The summed E-state index contributed by atoms with van der Waals surface area (Å²) in [6.07, 6.45) is 4.17. The van der Waals surface area contributed by atoms with E-state index >= 15 is 0 Å². The number of ether oxygens (including phenoxy) is 1. The lowest BCUT2D eigenvalue weighted by atomic mass is 10.3. The van der Waals surface area contributed by atoms with Gasteiger partial charge in [-0.15, -0.1) is 0 Å². The molecular weight excluding hydrogens is 290 g/mol. The lowest BCUT2D eigenvalue weighted by molar-refractivity contribution is -0.127. The molecule has 1 amide bonds. The molecule has 1 heterocycles. The fourth-order valence-electron chi connectivity index (χ4n) is 1.48. The Kier molecular flexibility index (Phi) is 5.29. The third-order valence-electron chi connectivity index (χ3n) is 2.59. The van der Waals surface area contributed by atoms with Gasteiger partial charge < -0.3 is 4.74 Å². The van der Waals surface area contributed by atoms with Gasteiger partial charge in [-0.25, -0.2) is 5.43 Å². The number of hydrazone groups is 1. The summed E-state index contributed by atoms with van der Waals surface area (Å²) in [7, 11) is 0. The van der Waals surface area contributed by atoms with Crippen molar-refractivity contribution in [1.82, 2.24) is 10.4 Å². The molecule has 5 nitrogen and oxygen atoms in total. The highest BCUT2D eigenvalue weighted by atomic mass is 35.5. The van der Waals surface area contributed by atoms with Crippen LogP contribution in [0.25, 0.3) is 0 Å². The second kappa shape index (κ2) is 7.40. The Hall–Kier alpha value is -2.40. The molecule has 0 radical (unpaired) electrons. The number of hydrogen-bond donors (Lipinski definition) is 1. The van der Waals surface area contributed by atoms with Gasteiger partial charge in [-0.2, -0.15) is 5.10 Å². The number of nitrogens with zero attached hydrogens (tertiary/aromatic N) is 2. The lowest BCUT2D eigenvalue weighted by Crippen LogP contribution is -2.33. The molecule has 1 aromatic heterocycles. The highest BCUT2D eigenvalue weighted by molar-refractivity contribution is 6.30. The van der Waals surface area contributed by atoms with E-state index in [0.29, 0.717) is 10.8 Å². The van der Waals surface area contributed by atoms with Crippen molar-refractivity contribution in [3.8, 4) is 5.75 Å². The zero-order chi connectivity index (χ0) is 15.1. The van der Waals surface area contributed by atoms with Gasteiger partial charge in [-0.05, 0) is 48.9 Å². The average Bonchev–Trinajstić information content (AvgIpc) is 2.50. The number of hydrogen-bond acceptors (Lipinski definition) is 4. The number of amides is 1. The van der Waals surface area contributed by atoms with E-state index in [1.54, 1.807) is 55.7 Å². The van der Waals surface area contributed by atoms with Crippen LogP contribution in [0.4, 0.5) is 0 Å². The van der Waals surface area contributed by atoms with Crippen molar-refractivity contribution in [1.29, 1.82) is 0 Å². The highest BCUT2D eigenvalue weighted by Gasteiger charge is 2.13. The van der Waals surface area contributed by atoms with Crippen molar-refractivity contribution < 1.29 is 9.53 Å². The quantitative estimate of drug-likeness (QED) is 0.682. The molecule has 2 rings (SSSR count). The molecule has 0 aliphatic heterocycles. The van der Waals surface area contributed by atoms with E-state index in [1.165, 1.54) is 6.21 Å². The van der Waals surface area contributed by atoms with E-state index in [-0.39, 0.29) is 5.91 Å². The predicted octanol–water partition coefficient (Wildman–Crippen LogP) is 2.65. The number of halogens is 1. The van der Waals surface area contributed by atoms with E-state index < -0.39 is 6.10 Å². The molecule has 21 heavy (non-hydrogen) atoms. The van der Waals surface area contributed by atoms with Gasteiger partial charge >= 0.3 is 0 Å². The lowest BCUT2D eigenvalue weighted by Gasteiger charge is -2.12. The van der Waals surface area contributed by atoms with Gasteiger partial charge in [0, 0.05) is 17.4 Å². The molecule has 108 valence electrons. The van der Waals surface area contributed by atoms with Crippen LogP contribution in [0.5, 0.6) is 5.75 Å². The summed E-state index contributed by atoms with van der Waals surface area (Å²) in [5, 5.41) is 4.48. The number of nitrogens with one attached hydrogen (secondary N) is 1.